The predicted octanol–water partition coefficient (Wildman–Crippen LogP) is 4.19. The molecule has 0 bridgehead atoms. The van der Waals surface area contributed by atoms with Crippen molar-refractivity contribution in [1.29, 1.82) is 0 Å². The van der Waals surface area contributed by atoms with Gasteiger partial charge in [0.15, 0.2) is 0 Å². The van der Waals surface area contributed by atoms with Crippen LogP contribution in [0.3, 0.4) is 0 Å². The number of benzene rings is 2. The summed E-state index contributed by atoms with van der Waals surface area (Å²) in [6.07, 6.45) is 5.31. The van der Waals surface area contributed by atoms with Gasteiger partial charge < -0.3 is 15.7 Å². The van der Waals surface area contributed by atoms with Gasteiger partial charge in [0.25, 0.3) is 5.91 Å². The monoisotopic (exact) mass is 427 g/mol. The molecule has 0 fully saturated rings. The molecule has 1 amide bonds. The molecule has 5 nitrogen and oxygen atoms in total. The van der Waals surface area contributed by atoms with E-state index in [4.69, 9.17) is 5.73 Å². The average Bonchev–Trinajstić information content (AvgIpc) is 3.47. The fourth-order valence-corrected chi connectivity index (χ4v) is 4.05. The molecular formula is C27H29N3O2. The summed E-state index contributed by atoms with van der Waals surface area (Å²) < 4.78 is 0. The molecule has 0 unspecified atom stereocenters. The predicted molar refractivity (Wildman–Crippen MR) is 128 cm³/mol. The Morgan fingerprint density at radius 2 is 1.94 bits per heavy atom. The summed E-state index contributed by atoms with van der Waals surface area (Å²) in [7, 11) is 0. The molecule has 0 saturated carbocycles. The van der Waals surface area contributed by atoms with E-state index < -0.39 is 0 Å². The van der Waals surface area contributed by atoms with E-state index >= 15 is 0 Å². The molecule has 5 heteroatoms. The molecule has 1 aromatic carbocycles. The van der Waals surface area contributed by atoms with E-state index in [1.807, 2.05) is 42.2 Å². The van der Waals surface area contributed by atoms with Crippen LogP contribution < -0.4 is 5.73 Å². The third-order valence-electron chi connectivity index (χ3n) is 5.99. The normalized spacial score (nSPS) is 13.7. The van der Waals surface area contributed by atoms with Crippen LogP contribution in [-0.2, 0) is 19.6 Å². The zero-order chi connectivity index (χ0) is 22.5. The Kier molecular flexibility index (Phi) is 6.78. The van der Waals surface area contributed by atoms with E-state index in [-0.39, 0.29) is 12.5 Å². The number of aromatic nitrogens is 1. The number of nitrogens with zero attached hydrogens (tertiary/aromatic N) is 2. The molecule has 3 aliphatic rings. The first-order chi connectivity index (χ1) is 15.6. The van der Waals surface area contributed by atoms with Crippen LogP contribution >= 0.6 is 0 Å². The van der Waals surface area contributed by atoms with Crippen molar-refractivity contribution in [2.45, 2.75) is 32.9 Å². The summed E-state index contributed by atoms with van der Waals surface area (Å²) in [6, 6.07) is 18.1. The number of nitrogens with two attached hydrogens (primary N) is 1. The van der Waals surface area contributed by atoms with Gasteiger partial charge in [-0.25, -0.2) is 0 Å². The van der Waals surface area contributed by atoms with E-state index in [1.165, 1.54) is 11.1 Å². The second kappa shape index (κ2) is 9.90. The molecule has 2 aliphatic carbocycles. The first kappa shape index (κ1) is 21.9. The van der Waals surface area contributed by atoms with E-state index in [1.54, 1.807) is 6.20 Å². The highest BCUT2D eigenvalue weighted by atomic mass is 16.3. The van der Waals surface area contributed by atoms with Crippen molar-refractivity contribution in [3.63, 3.8) is 0 Å². The van der Waals surface area contributed by atoms with Crippen LogP contribution in [-0.4, -0.2) is 34.0 Å². The van der Waals surface area contributed by atoms with Gasteiger partial charge in [0.1, 0.15) is 0 Å². The van der Waals surface area contributed by atoms with Crippen LogP contribution in [0.15, 0.2) is 66.9 Å². The zero-order valence-electron chi connectivity index (χ0n) is 18.4. The summed E-state index contributed by atoms with van der Waals surface area (Å²) in [5, 5.41) is 9.63. The van der Waals surface area contributed by atoms with Crippen LogP contribution in [0.25, 0.3) is 16.7 Å². The van der Waals surface area contributed by atoms with Gasteiger partial charge in [-0.2, -0.15) is 0 Å². The number of hydrogen-bond donors (Lipinski definition) is 2. The molecule has 0 spiro atoms. The van der Waals surface area contributed by atoms with Crippen molar-refractivity contribution in [1.82, 2.24) is 9.88 Å². The van der Waals surface area contributed by atoms with Gasteiger partial charge in [0.2, 0.25) is 0 Å². The number of amides is 1. The van der Waals surface area contributed by atoms with Crippen molar-refractivity contribution in [2.75, 3.05) is 13.1 Å². The number of pyridine rings is 1. The van der Waals surface area contributed by atoms with Crippen LogP contribution in [0.4, 0.5) is 0 Å². The van der Waals surface area contributed by atoms with Gasteiger partial charge in [-0.1, -0.05) is 43.3 Å². The fraction of sp³-hybridized carbons (Fsp3) is 0.259. The molecule has 2 aromatic rings. The molecule has 1 aliphatic heterocycles. The summed E-state index contributed by atoms with van der Waals surface area (Å²) in [5.74, 6) is 0.0309. The van der Waals surface area contributed by atoms with Gasteiger partial charge in [0.05, 0.1) is 17.9 Å². The summed E-state index contributed by atoms with van der Waals surface area (Å²) >= 11 is 0. The molecule has 0 radical (unpaired) electrons. The quantitative estimate of drug-likeness (QED) is 0.500. The second-order valence-electron chi connectivity index (χ2n) is 8.02. The Labute approximate surface area is 189 Å². The minimum atomic E-state index is -0.00425. The number of rotatable bonds is 5. The number of aryl methyl sites for hydroxylation is 1. The van der Waals surface area contributed by atoms with Gasteiger partial charge in [0, 0.05) is 25.8 Å². The smallest absolute Gasteiger partial charge is 0.255 e. The molecule has 3 N–H and O–H groups in total. The first-order valence-corrected chi connectivity index (χ1v) is 11.1. The summed E-state index contributed by atoms with van der Waals surface area (Å²) in [5.41, 5.74) is 14.3. The van der Waals surface area contributed by atoms with Crippen molar-refractivity contribution in [3.8, 4) is 11.1 Å². The van der Waals surface area contributed by atoms with E-state index in [2.05, 4.69) is 35.3 Å². The standard InChI is InChI=1S/C21H25N3O2.C6H4/c1-2-20-18(4-3-9-23-20)21(26)24-10-7-16(8-11-24)19-12-15(13-22)5-6-17(19)14-25;1-2-5-4-6(5)3-1/h3-7,9,12,25H,2,8,10-11,13-14,22H2,1H3;1-4H. The third kappa shape index (κ3) is 4.79. The molecule has 0 atom stereocenters. The molecule has 1 aromatic heterocycles. The van der Waals surface area contributed by atoms with Gasteiger partial charge >= 0.3 is 0 Å². The third-order valence-corrected chi connectivity index (χ3v) is 5.99. The second-order valence-corrected chi connectivity index (χ2v) is 8.02. The minimum absolute atomic E-state index is 0.00425. The Bertz CT molecular complexity index is 1140. The highest BCUT2D eigenvalue weighted by molar-refractivity contribution is 5.95. The van der Waals surface area contributed by atoms with Crippen LogP contribution in [0, 0.1) is 0 Å². The number of hydrogen-bond acceptors (Lipinski definition) is 4. The molecule has 5 rings (SSSR count). The Morgan fingerprint density at radius 3 is 2.50 bits per heavy atom. The van der Waals surface area contributed by atoms with E-state index in [0.717, 1.165) is 40.8 Å². The summed E-state index contributed by atoms with van der Waals surface area (Å²) in [4.78, 5) is 19.0. The lowest BCUT2D eigenvalue weighted by atomic mass is 9.93. The number of aliphatic hydroxyl groups is 1. The van der Waals surface area contributed by atoms with E-state index in [0.29, 0.717) is 25.2 Å². The maximum Gasteiger partial charge on any atom is 0.255 e. The van der Waals surface area contributed by atoms with Crippen LogP contribution in [0.1, 0.15) is 46.1 Å². The lowest BCUT2D eigenvalue weighted by molar-refractivity contribution is 0.0771. The number of aliphatic hydroxyl groups excluding tert-OH is 1. The van der Waals surface area contributed by atoms with Crippen molar-refractivity contribution in [3.05, 3.63) is 94.8 Å². The van der Waals surface area contributed by atoms with Crippen LogP contribution in [0.2, 0.25) is 0 Å². The van der Waals surface area contributed by atoms with Crippen molar-refractivity contribution >= 4 is 11.5 Å². The lowest BCUT2D eigenvalue weighted by Crippen LogP contribution is -2.35. The van der Waals surface area contributed by atoms with Gasteiger partial charge in [-0.15, -0.1) is 0 Å². The minimum Gasteiger partial charge on any atom is -0.392 e. The molecule has 164 valence electrons. The first-order valence-electron chi connectivity index (χ1n) is 11.1. The fourth-order valence-electron chi connectivity index (χ4n) is 4.05. The molecular weight excluding hydrogens is 398 g/mol. The Hall–Kier alpha value is -3.28. The average molecular weight is 428 g/mol. The lowest BCUT2D eigenvalue weighted by Gasteiger charge is -2.28. The largest absolute Gasteiger partial charge is 0.392 e. The number of carbonyl (C=O) groups excluding carboxylic acids is 1. The molecule has 0 saturated heterocycles. The maximum absolute atomic E-state index is 12.8. The van der Waals surface area contributed by atoms with Gasteiger partial charge in [-0.3, -0.25) is 9.78 Å². The SMILES string of the molecule is CCc1ncccc1C(=O)N1CC=C(c2cc(CN)ccc2CO)CC1.c1cc2cc-2c1. The summed E-state index contributed by atoms with van der Waals surface area (Å²) in [6.45, 7) is 3.69. The highest BCUT2D eigenvalue weighted by Crippen LogP contribution is 2.32. The number of fused-ring (bicyclic) bond motifs is 1. The van der Waals surface area contributed by atoms with E-state index in [9.17, 15) is 9.90 Å². The maximum atomic E-state index is 12.8. The topological polar surface area (TPSA) is 79.5 Å². The number of carbonyl (C=O) groups is 1. The highest BCUT2D eigenvalue weighted by Gasteiger charge is 2.22. The molecule has 32 heavy (non-hydrogen) atoms. The van der Waals surface area contributed by atoms with Crippen molar-refractivity contribution in [2.24, 2.45) is 5.73 Å². The van der Waals surface area contributed by atoms with Crippen LogP contribution in [0.5, 0.6) is 0 Å². The van der Waals surface area contributed by atoms with Crippen molar-refractivity contribution < 1.29 is 9.90 Å². The Balaban J connectivity index is 0.000000346. The Morgan fingerprint density at radius 1 is 1.12 bits per heavy atom. The van der Waals surface area contributed by atoms with Gasteiger partial charge in [-0.05, 0) is 70.5 Å². The zero-order valence-corrected chi connectivity index (χ0v) is 18.4. The molecule has 2 heterocycles.